The summed E-state index contributed by atoms with van der Waals surface area (Å²) >= 11 is 6.05. The van der Waals surface area contributed by atoms with Crippen LogP contribution in [0.3, 0.4) is 0 Å². The van der Waals surface area contributed by atoms with Crippen LogP contribution in [0.15, 0.2) is 30.3 Å². The molecule has 0 radical (unpaired) electrons. The number of hydrogen-bond donors (Lipinski definition) is 0. The van der Waals surface area contributed by atoms with Gasteiger partial charge in [-0.15, -0.1) is 11.6 Å². The van der Waals surface area contributed by atoms with Gasteiger partial charge in [0, 0.05) is 18.0 Å². The highest BCUT2D eigenvalue weighted by molar-refractivity contribution is 6.17. The first-order valence-corrected chi connectivity index (χ1v) is 8.35. The van der Waals surface area contributed by atoms with Crippen molar-refractivity contribution in [3.05, 3.63) is 36.0 Å². The maximum atomic E-state index is 6.05. The van der Waals surface area contributed by atoms with Crippen molar-refractivity contribution in [3.8, 4) is 0 Å². The second-order valence-electron chi connectivity index (χ2n) is 6.50. The van der Waals surface area contributed by atoms with Crippen molar-refractivity contribution in [1.82, 2.24) is 4.98 Å². The van der Waals surface area contributed by atoms with E-state index in [4.69, 9.17) is 16.6 Å². The molecular weight excluding hydrogens is 280 g/mol. The molecule has 1 aromatic heterocycles. The molecule has 0 spiro atoms. The van der Waals surface area contributed by atoms with E-state index in [2.05, 4.69) is 56.0 Å². The van der Waals surface area contributed by atoms with Gasteiger partial charge >= 0.3 is 0 Å². The minimum absolute atomic E-state index is 0.463. The number of aromatic nitrogens is 1. The molecule has 1 fully saturated rings. The molecule has 0 N–H and O–H groups in total. The molecule has 0 bridgehead atoms. The van der Waals surface area contributed by atoms with Gasteiger partial charge in [0.1, 0.15) is 5.82 Å². The molecule has 0 aliphatic carbocycles. The van der Waals surface area contributed by atoms with E-state index >= 15 is 0 Å². The van der Waals surface area contributed by atoms with Gasteiger partial charge < -0.3 is 4.90 Å². The van der Waals surface area contributed by atoms with Crippen molar-refractivity contribution >= 4 is 28.2 Å². The smallest absolute Gasteiger partial charge is 0.137 e. The van der Waals surface area contributed by atoms with E-state index in [1.165, 1.54) is 17.2 Å². The summed E-state index contributed by atoms with van der Waals surface area (Å²) in [6.45, 7) is 8.08. The lowest BCUT2D eigenvalue weighted by Crippen LogP contribution is -2.46. The Kier molecular flexibility index (Phi) is 4.08. The Balaban J connectivity index is 2.13. The number of benzene rings is 1. The van der Waals surface area contributed by atoms with Crippen LogP contribution in [0.25, 0.3) is 10.8 Å². The third kappa shape index (κ3) is 2.74. The maximum Gasteiger partial charge on any atom is 0.137 e. The lowest BCUT2D eigenvalue weighted by molar-refractivity contribution is 0.296. The predicted molar refractivity (Wildman–Crippen MR) is 91.1 cm³/mol. The van der Waals surface area contributed by atoms with Crippen LogP contribution in [0.2, 0.25) is 0 Å². The second-order valence-corrected chi connectivity index (χ2v) is 6.77. The van der Waals surface area contributed by atoms with E-state index in [1.54, 1.807) is 0 Å². The van der Waals surface area contributed by atoms with Crippen molar-refractivity contribution in [3.63, 3.8) is 0 Å². The highest BCUT2D eigenvalue weighted by atomic mass is 35.5. The van der Waals surface area contributed by atoms with E-state index in [0.717, 1.165) is 18.1 Å². The van der Waals surface area contributed by atoms with Crippen LogP contribution in [-0.4, -0.2) is 17.6 Å². The molecule has 3 unspecified atom stereocenters. The Hall–Kier alpha value is -1.28. The van der Waals surface area contributed by atoms with Crippen molar-refractivity contribution in [2.24, 2.45) is 11.8 Å². The first kappa shape index (κ1) is 14.6. The van der Waals surface area contributed by atoms with Gasteiger partial charge in [-0.3, -0.25) is 0 Å². The van der Waals surface area contributed by atoms with E-state index in [0.29, 0.717) is 23.8 Å². The number of rotatable bonds is 2. The Labute approximate surface area is 132 Å². The first-order valence-electron chi connectivity index (χ1n) is 7.81. The fourth-order valence-corrected chi connectivity index (χ4v) is 3.65. The number of halogens is 1. The standard InChI is InChI=1S/C18H23ClN2/c1-12-8-13(2)14(3)21(11-12)18-17-7-5-4-6-15(17)9-16(10-19)20-18/h4-7,9,12-14H,8,10-11H2,1-3H3. The highest BCUT2D eigenvalue weighted by Crippen LogP contribution is 2.34. The zero-order valence-corrected chi connectivity index (χ0v) is 13.8. The van der Waals surface area contributed by atoms with Gasteiger partial charge in [-0.2, -0.15) is 0 Å². The number of pyridine rings is 1. The van der Waals surface area contributed by atoms with E-state index in [1.807, 2.05) is 0 Å². The van der Waals surface area contributed by atoms with Gasteiger partial charge in [-0.25, -0.2) is 4.98 Å². The minimum atomic E-state index is 0.463. The van der Waals surface area contributed by atoms with Crippen LogP contribution < -0.4 is 4.90 Å². The predicted octanol–water partition coefficient (Wildman–Crippen LogP) is 4.84. The first-order chi connectivity index (χ1) is 10.1. The van der Waals surface area contributed by atoms with Crippen LogP contribution in [0, 0.1) is 11.8 Å². The molecule has 1 aliphatic rings. The largest absolute Gasteiger partial charge is 0.353 e. The Morgan fingerprint density at radius 2 is 2.00 bits per heavy atom. The summed E-state index contributed by atoms with van der Waals surface area (Å²) in [5.74, 6) is 2.96. The van der Waals surface area contributed by atoms with Gasteiger partial charge in [0.2, 0.25) is 0 Å². The molecule has 1 aliphatic heterocycles. The summed E-state index contributed by atoms with van der Waals surface area (Å²) in [5, 5.41) is 2.47. The summed E-state index contributed by atoms with van der Waals surface area (Å²) in [5.41, 5.74) is 0.962. The molecule has 2 nitrogen and oxygen atoms in total. The summed E-state index contributed by atoms with van der Waals surface area (Å²) in [7, 11) is 0. The monoisotopic (exact) mass is 302 g/mol. The van der Waals surface area contributed by atoms with Crippen LogP contribution in [0.4, 0.5) is 5.82 Å². The SMILES string of the molecule is CC1CC(C)C(C)N(c2nc(CCl)cc3ccccc23)C1. The zero-order chi connectivity index (χ0) is 15.0. The molecule has 1 aromatic carbocycles. The lowest BCUT2D eigenvalue weighted by Gasteiger charge is -2.42. The summed E-state index contributed by atoms with van der Waals surface area (Å²) < 4.78 is 0. The zero-order valence-electron chi connectivity index (χ0n) is 13.0. The Morgan fingerprint density at radius 1 is 1.24 bits per heavy atom. The quantitative estimate of drug-likeness (QED) is 0.738. The molecule has 3 heteroatoms. The third-order valence-corrected chi connectivity index (χ3v) is 5.05. The van der Waals surface area contributed by atoms with Crippen LogP contribution in [0.5, 0.6) is 0 Å². The summed E-state index contributed by atoms with van der Waals surface area (Å²) in [6, 6.07) is 11.1. The van der Waals surface area contributed by atoms with Crippen molar-refractivity contribution in [2.75, 3.05) is 11.4 Å². The Bertz CT molecular complexity index is 640. The van der Waals surface area contributed by atoms with Crippen LogP contribution in [0.1, 0.15) is 32.9 Å². The van der Waals surface area contributed by atoms with E-state index < -0.39 is 0 Å². The molecule has 0 amide bonds. The number of alkyl halides is 1. The number of hydrogen-bond acceptors (Lipinski definition) is 2. The third-order valence-electron chi connectivity index (χ3n) is 4.78. The van der Waals surface area contributed by atoms with Gasteiger partial charge in [-0.05, 0) is 36.6 Å². The van der Waals surface area contributed by atoms with E-state index in [9.17, 15) is 0 Å². The summed E-state index contributed by atoms with van der Waals surface area (Å²) in [4.78, 5) is 7.34. The number of piperidine rings is 1. The second kappa shape index (κ2) is 5.84. The number of anilines is 1. The molecule has 0 saturated carbocycles. The molecule has 2 aromatic rings. The topological polar surface area (TPSA) is 16.1 Å². The van der Waals surface area contributed by atoms with Gasteiger partial charge in [-0.1, -0.05) is 38.1 Å². The highest BCUT2D eigenvalue weighted by Gasteiger charge is 2.30. The normalized spacial score (nSPS) is 26.3. The molecule has 3 atom stereocenters. The van der Waals surface area contributed by atoms with E-state index in [-0.39, 0.29) is 0 Å². The van der Waals surface area contributed by atoms with Crippen molar-refractivity contribution < 1.29 is 0 Å². The minimum Gasteiger partial charge on any atom is -0.353 e. The molecule has 2 heterocycles. The average Bonchev–Trinajstić information content (AvgIpc) is 2.49. The average molecular weight is 303 g/mol. The molecular formula is C18H23ClN2. The molecule has 21 heavy (non-hydrogen) atoms. The molecule has 1 saturated heterocycles. The molecule has 112 valence electrons. The lowest BCUT2D eigenvalue weighted by atomic mass is 9.86. The van der Waals surface area contributed by atoms with Crippen LogP contribution >= 0.6 is 11.6 Å². The Morgan fingerprint density at radius 3 is 2.76 bits per heavy atom. The molecule has 3 rings (SSSR count). The number of fused-ring (bicyclic) bond motifs is 1. The fourth-order valence-electron chi connectivity index (χ4n) is 3.52. The van der Waals surface area contributed by atoms with Crippen molar-refractivity contribution in [1.29, 1.82) is 0 Å². The number of nitrogens with zero attached hydrogens (tertiary/aromatic N) is 2. The fraction of sp³-hybridized carbons (Fsp3) is 0.500. The van der Waals surface area contributed by atoms with Gasteiger partial charge in [0.25, 0.3) is 0 Å². The van der Waals surface area contributed by atoms with Crippen molar-refractivity contribution in [2.45, 2.75) is 39.1 Å². The maximum absolute atomic E-state index is 6.05. The summed E-state index contributed by atoms with van der Waals surface area (Å²) in [6.07, 6.45) is 1.30. The van der Waals surface area contributed by atoms with Gasteiger partial charge in [0.05, 0.1) is 11.6 Å². The van der Waals surface area contributed by atoms with Crippen LogP contribution in [-0.2, 0) is 5.88 Å². The van der Waals surface area contributed by atoms with Gasteiger partial charge in [0.15, 0.2) is 0 Å².